The van der Waals surface area contributed by atoms with Crippen molar-refractivity contribution in [1.82, 2.24) is 5.32 Å². The van der Waals surface area contributed by atoms with Crippen molar-refractivity contribution in [3.63, 3.8) is 0 Å². The van der Waals surface area contributed by atoms with Crippen LogP contribution in [0.2, 0.25) is 0 Å². The maximum atomic E-state index is 13.2. The molecule has 0 amide bonds. The van der Waals surface area contributed by atoms with Crippen LogP contribution in [-0.2, 0) is 6.54 Å². The van der Waals surface area contributed by atoms with E-state index in [-0.39, 0.29) is 0 Å². The Labute approximate surface area is 108 Å². The minimum atomic E-state index is -0.800. The highest BCUT2D eigenvalue weighted by Gasteiger charge is 2.20. The Morgan fingerprint density at radius 2 is 2.00 bits per heavy atom. The summed E-state index contributed by atoms with van der Waals surface area (Å²) in [6, 6.07) is 6.75. The number of hydrogen-bond donors (Lipinski definition) is 1. The average molecular weight is 265 g/mol. The van der Waals surface area contributed by atoms with Crippen LogP contribution in [0.15, 0.2) is 29.6 Å². The lowest BCUT2D eigenvalue weighted by Crippen LogP contribution is -2.14. The summed E-state index contributed by atoms with van der Waals surface area (Å²) in [6.45, 7) is 0.852. The molecule has 18 heavy (non-hydrogen) atoms. The van der Waals surface area contributed by atoms with Crippen LogP contribution in [0, 0.1) is 11.6 Å². The summed E-state index contributed by atoms with van der Waals surface area (Å²) in [5.41, 5.74) is 1.93. The lowest BCUT2D eigenvalue weighted by Gasteiger charge is -1.99. The molecule has 1 heterocycles. The Hall–Kier alpha value is -1.26. The second-order valence-electron chi connectivity index (χ2n) is 4.60. The van der Waals surface area contributed by atoms with Gasteiger partial charge in [0.15, 0.2) is 11.6 Å². The number of thiophene rings is 1. The van der Waals surface area contributed by atoms with E-state index in [1.807, 2.05) is 6.07 Å². The summed E-state index contributed by atoms with van der Waals surface area (Å²) >= 11 is 1.56. The van der Waals surface area contributed by atoms with E-state index in [2.05, 4.69) is 10.7 Å². The first-order chi connectivity index (χ1) is 8.72. The molecule has 0 radical (unpaired) electrons. The van der Waals surface area contributed by atoms with Crippen molar-refractivity contribution in [1.29, 1.82) is 0 Å². The SMILES string of the molecule is Fc1ccc(-c2cc(CNC3CC3)cs2)cc1F. The molecule has 0 aliphatic heterocycles. The summed E-state index contributed by atoms with van der Waals surface area (Å²) < 4.78 is 26.0. The monoisotopic (exact) mass is 265 g/mol. The van der Waals surface area contributed by atoms with Gasteiger partial charge in [0.2, 0.25) is 0 Å². The zero-order valence-electron chi connectivity index (χ0n) is 9.75. The smallest absolute Gasteiger partial charge is 0.159 e. The maximum Gasteiger partial charge on any atom is 0.159 e. The fourth-order valence-corrected chi connectivity index (χ4v) is 2.73. The van der Waals surface area contributed by atoms with E-state index in [4.69, 9.17) is 0 Å². The van der Waals surface area contributed by atoms with Gasteiger partial charge in [-0.25, -0.2) is 8.78 Å². The van der Waals surface area contributed by atoms with Gasteiger partial charge >= 0.3 is 0 Å². The number of benzene rings is 1. The molecule has 4 heteroatoms. The minimum Gasteiger partial charge on any atom is -0.310 e. The molecule has 0 atom stereocenters. The maximum absolute atomic E-state index is 13.2. The summed E-state index contributed by atoms with van der Waals surface area (Å²) in [6.07, 6.45) is 2.53. The first kappa shape index (κ1) is 11.8. The summed E-state index contributed by atoms with van der Waals surface area (Å²) in [5.74, 6) is -1.59. The molecular weight excluding hydrogens is 252 g/mol. The van der Waals surface area contributed by atoms with Crippen molar-refractivity contribution in [3.8, 4) is 10.4 Å². The molecule has 0 unspecified atom stereocenters. The third-order valence-electron chi connectivity index (χ3n) is 3.03. The van der Waals surface area contributed by atoms with Gasteiger partial charge in [0.05, 0.1) is 0 Å². The molecule has 94 valence electrons. The predicted molar refractivity (Wildman–Crippen MR) is 69.5 cm³/mol. The Balaban J connectivity index is 1.76. The van der Waals surface area contributed by atoms with Crippen molar-refractivity contribution in [3.05, 3.63) is 46.8 Å². The summed E-state index contributed by atoms with van der Waals surface area (Å²) in [7, 11) is 0. The molecule has 1 aliphatic rings. The molecule has 1 fully saturated rings. The van der Waals surface area contributed by atoms with Crippen LogP contribution in [0.3, 0.4) is 0 Å². The van der Waals surface area contributed by atoms with E-state index in [9.17, 15) is 8.78 Å². The Morgan fingerprint density at radius 3 is 2.72 bits per heavy atom. The molecule has 1 nitrogen and oxygen atoms in total. The topological polar surface area (TPSA) is 12.0 Å². The summed E-state index contributed by atoms with van der Waals surface area (Å²) in [4.78, 5) is 0.974. The van der Waals surface area contributed by atoms with Crippen molar-refractivity contribution < 1.29 is 8.78 Å². The lowest BCUT2D eigenvalue weighted by atomic mass is 10.1. The molecule has 0 saturated heterocycles. The van der Waals surface area contributed by atoms with Crippen molar-refractivity contribution >= 4 is 11.3 Å². The largest absolute Gasteiger partial charge is 0.310 e. The van der Waals surface area contributed by atoms with Crippen molar-refractivity contribution in [2.45, 2.75) is 25.4 Å². The van der Waals surface area contributed by atoms with Gasteiger partial charge in [0.25, 0.3) is 0 Å². The first-order valence-corrected chi connectivity index (χ1v) is 6.86. The number of rotatable bonds is 4. The Bertz CT molecular complexity index is 561. The van der Waals surface area contributed by atoms with Crippen LogP contribution in [0.4, 0.5) is 8.78 Å². The third kappa shape index (κ3) is 2.60. The van der Waals surface area contributed by atoms with Crippen LogP contribution in [0.5, 0.6) is 0 Å². The number of nitrogens with one attached hydrogen (secondary N) is 1. The number of hydrogen-bond acceptors (Lipinski definition) is 2. The normalized spacial score (nSPS) is 15.0. The fourth-order valence-electron chi connectivity index (χ4n) is 1.82. The van der Waals surface area contributed by atoms with Crippen molar-refractivity contribution in [2.24, 2.45) is 0 Å². The highest BCUT2D eigenvalue weighted by Crippen LogP contribution is 2.29. The first-order valence-electron chi connectivity index (χ1n) is 5.98. The van der Waals surface area contributed by atoms with E-state index in [0.717, 1.165) is 17.0 Å². The molecule has 0 bridgehead atoms. The van der Waals surface area contributed by atoms with E-state index >= 15 is 0 Å². The van der Waals surface area contributed by atoms with Gasteiger partial charge in [-0.1, -0.05) is 6.07 Å². The van der Waals surface area contributed by atoms with Gasteiger partial charge in [-0.2, -0.15) is 0 Å². The van der Waals surface area contributed by atoms with Crippen LogP contribution >= 0.6 is 11.3 Å². The standard InChI is InChI=1S/C14H13F2NS/c15-12-4-1-10(6-13(12)16)14-5-9(8-18-14)7-17-11-2-3-11/h1,4-6,8,11,17H,2-3,7H2. The molecule has 1 saturated carbocycles. The molecule has 2 aromatic rings. The molecular formula is C14H13F2NS. The number of halogens is 2. The fraction of sp³-hybridized carbons (Fsp3) is 0.286. The summed E-state index contributed by atoms with van der Waals surface area (Å²) in [5, 5.41) is 5.49. The molecule has 1 aromatic heterocycles. The lowest BCUT2D eigenvalue weighted by molar-refractivity contribution is 0.509. The highest BCUT2D eigenvalue weighted by atomic mass is 32.1. The molecule has 1 aliphatic carbocycles. The van der Waals surface area contributed by atoms with Crippen LogP contribution in [0.1, 0.15) is 18.4 Å². The van der Waals surface area contributed by atoms with Gasteiger partial charge in [-0.05, 0) is 47.5 Å². The van der Waals surface area contributed by atoms with E-state index in [1.54, 1.807) is 17.4 Å². The molecule has 1 aromatic carbocycles. The van der Waals surface area contributed by atoms with Crippen molar-refractivity contribution in [2.75, 3.05) is 0 Å². The minimum absolute atomic E-state index is 0.677. The van der Waals surface area contributed by atoms with E-state index in [0.29, 0.717) is 6.04 Å². The Morgan fingerprint density at radius 1 is 1.17 bits per heavy atom. The molecule has 3 rings (SSSR count). The zero-order valence-corrected chi connectivity index (χ0v) is 10.6. The van der Waals surface area contributed by atoms with E-state index in [1.165, 1.54) is 30.5 Å². The molecule has 1 N–H and O–H groups in total. The third-order valence-corrected chi connectivity index (χ3v) is 4.06. The van der Waals surface area contributed by atoms with Crippen LogP contribution in [0.25, 0.3) is 10.4 Å². The van der Waals surface area contributed by atoms with Crippen LogP contribution < -0.4 is 5.32 Å². The second kappa shape index (κ2) is 4.78. The quantitative estimate of drug-likeness (QED) is 0.882. The van der Waals surface area contributed by atoms with Gasteiger partial charge in [-0.15, -0.1) is 11.3 Å². The van der Waals surface area contributed by atoms with Gasteiger partial charge < -0.3 is 5.32 Å². The van der Waals surface area contributed by atoms with Gasteiger partial charge in [0, 0.05) is 17.5 Å². The highest BCUT2D eigenvalue weighted by molar-refractivity contribution is 7.13. The Kier molecular flexibility index (Phi) is 3.14. The van der Waals surface area contributed by atoms with E-state index < -0.39 is 11.6 Å². The van der Waals surface area contributed by atoms with Crippen LogP contribution in [-0.4, -0.2) is 6.04 Å². The molecule has 0 spiro atoms. The zero-order chi connectivity index (χ0) is 12.5. The van der Waals surface area contributed by atoms with Gasteiger partial charge in [0.1, 0.15) is 0 Å². The predicted octanol–water partition coefficient (Wildman–Crippen LogP) is 3.95. The second-order valence-corrected chi connectivity index (χ2v) is 5.51. The average Bonchev–Trinajstić information content (AvgIpc) is 3.08. The van der Waals surface area contributed by atoms with Gasteiger partial charge in [-0.3, -0.25) is 0 Å².